The molecule has 3 aliphatic rings. The number of carbonyl (C=O) groups is 1. The van der Waals surface area contributed by atoms with E-state index in [9.17, 15) is 4.79 Å². The number of hydrogen-bond donors (Lipinski definition) is 1. The summed E-state index contributed by atoms with van der Waals surface area (Å²) < 4.78 is 2.09. The second-order valence-corrected chi connectivity index (χ2v) is 9.09. The van der Waals surface area contributed by atoms with Crippen molar-refractivity contribution in [3.8, 4) is 0 Å². The first-order chi connectivity index (χ1) is 13.6. The van der Waals surface area contributed by atoms with Crippen LogP contribution in [0.5, 0.6) is 0 Å². The van der Waals surface area contributed by atoms with E-state index in [1.165, 1.54) is 0 Å². The maximum Gasteiger partial charge on any atom is 0.293 e. The van der Waals surface area contributed by atoms with Gasteiger partial charge in [-0.15, -0.1) is 15.9 Å². The molecule has 2 aromatic rings. The lowest BCUT2D eigenvalue weighted by atomic mass is 9.92. The van der Waals surface area contributed by atoms with E-state index in [4.69, 9.17) is 10.8 Å². The minimum absolute atomic E-state index is 0.111. The molecule has 0 spiro atoms. The molecule has 28 heavy (non-hydrogen) atoms. The standard InChI is InChI=1S/C20H19IN5OS/c21-20-24-18(16-11-23-7-10-26(16,20)22)13-5-8-25(9-6-13)19(27)15-12-28-17-4-2-1-3-14(15)17/h1-4,7,10-13H,5-6,8-9,22H2/q+1. The van der Waals surface area contributed by atoms with Crippen LogP contribution >= 0.6 is 33.9 Å². The average Bonchev–Trinajstić information content (AvgIpc) is 3.27. The molecule has 4 heterocycles. The molecule has 1 saturated heterocycles. The number of amides is 1. The third-order valence-corrected chi connectivity index (χ3v) is 7.65. The van der Waals surface area contributed by atoms with Crippen molar-refractivity contribution in [2.24, 2.45) is 21.7 Å². The maximum atomic E-state index is 13.1. The summed E-state index contributed by atoms with van der Waals surface area (Å²) in [5, 5.41) is 3.04. The summed E-state index contributed by atoms with van der Waals surface area (Å²) >= 11 is 3.83. The SMILES string of the molecule is N[N+]12C=CN=CC1=C(C1CCN(C(=O)c3csc4ccccc34)CC1)N=C2I. The van der Waals surface area contributed by atoms with Gasteiger partial charge in [0.2, 0.25) is 5.70 Å². The van der Waals surface area contributed by atoms with E-state index in [1.54, 1.807) is 17.5 Å². The van der Waals surface area contributed by atoms with E-state index in [1.807, 2.05) is 40.9 Å². The number of nitrogens with zero attached hydrogens (tertiary/aromatic N) is 4. The lowest BCUT2D eigenvalue weighted by molar-refractivity contribution is -0.745. The Balaban J connectivity index is 1.35. The summed E-state index contributed by atoms with van der Waals surface area (Å²) in [6.07, 6.45) is 7.16. The molecule has 1 atom stereocenters. The van der Waals surface area contributed by atoms with Gasteiger partial charge < -0.3 is 4.90 Å². The van der Waals surface area contributed by atoms with Crippen molar-refractivity contribution in [2.75, 3.05) is 13.1 Å². The molecular weight excluding hydrogens is 485 g/mol. The monoisotopic (exact) mass is 504 g/mol. The molecule has 0 aliphatic carbocycles. The normalized spacial score (nSPS) is 24.8. The number of hydrogen-bond acceptors (Lipinski definition) is 5. The second-order valence-electron chi connectivity index (χ2n) is 7.22. The van der Waals surface area contributed by atoms with Gasteiger partial charge in [-0.1, -0.05) is 18.2 Å². The molecule has 1 fully saturated rings. The summed E-state index contributed by atoms with van der Waals surface area (Å²) in [6.45, 7) is 1.46. The number of amidine groups is 1. The van der Waals surface area contributed by atoms with E-state index in [-0.39, 0.29) is 10.5 Å². The molecule has 0 bridgehead atoms. The van der Waals surface area contributed by atoms with Gasteiger partial charge >= 0.3 is 0 Å². The van der Waals surface area contributed by atoms with Crippen molar-refractivity contribution in [3.05, 3.63) is 59.0 Å². The van der Waals surface area contributed by atoms with Crippen LogP contribution in [0.4, 0.5) is 0 Å². The van der Waals surface area contributed by atoms with Crippen LogP contribution < -0.4 is 5.84 Å². The van der Waals surface area contributed by atoms with E-state index >= 15 is 0 Å². The molecular formula is C20H19IN5OS+. The Hall–Kier alpha value is -1.88. The van der Waals surface area contributed by atoms with Crippen LogP contribution in [0.1, 0.15) is 23.2 Å². The number of fused-ring (bicyclic) bond motifs is 2. The number of allylic oxidation sites excluding steroid dienone is 2. The minimum atomic E-state index is 0.111. The number of aliphatic imine (C=N–C) groups is 2. The number of nitrogens with two attached hydrogens (primary N) is 1. The fourth-order valence-corrected chi connectivity index (χ4v) is 5.67. The highest BCUT2D eigenvalue weighted by Crippen LogP contribution is 2.38. The molecule has 0 saturated carbocycles. The Morgan fingerprint density at radius 1 is 1.29 bits per heavy atom. The fraction of sp³-hybridized carbons (Fsp3) is 0.250. The smallest absolute Gasteiger partial charge is 0.293 e. The topological polar surface area (TPSA) is 71.0 Å². The van der Waals surface area contributed by atoms with Crippen molar-refractivity contribution >= 4 is 60.0 Å². The van der Waals surface area contributed by atoms with E-state index in [0.29, 0.717) is 5.92 Å². The molecule has 6 nitrogen and oxygen atoms in total. The Kier molecular flexibility index (Phi) is 4.46. The summed E-state index contributed by atoms with van der Waals surface area (Å²) in [5.74, 6) is 6.92. The van der Waals surface area contributed by atoms with Crippen molar-refractivity contribution in [1.29, 1.82) is 0 Å². The van der Waals surface area contributed by atoms with Crippen molar-refractivity contribution in [1.82, 2.24) is 4.90 Å². The maximum absolute atomic E-state index is 13.1. The predicted octanol–water partition coefficient (Wildman–Crippen LogP) is 4.02. The highest BCUT2D eigenvalue weighted by atomic mass is 127. The molecule has 1 aromatic heterocycles. The van der Waals surface area contributed by atoms with Crippen molar-refractivity contribution in [2.45, 2.75) is 12.8 Å². The van der Waals surface area contributed by atoms with Crippen LogP contribution in [0.2, 0.25) is 0 Å². The summed E-state index contributed by atoms with van der Waals surface area (Å²) in [4.78, 5) is 24.1. The van der Waals surface area contributed by atoms with Gasteiger partial charge in [-0.3, -0.25) is 9.79 Å². The molecule has 5 rings (SSSR count). The number of halogens is 1. The van der Waals surface area contributed by atoms with Crippen LogP contribution in [0.25, 0.3) is 10.1 Å². The van der Waals surface area contributed by atoms with Gasteiger partial charge in [-0.2, -0.15) is 10.8 Å². The molecule has 0 radical (unpaired) electrons. The molecule has 1 amide bonds. The summed E-state index contributed by atoms with van der Waals surface area (Å²) in [7, 11) is 0. The molecule has 2 N–H and O–H groups in total. The van der Waals surface area contributed by atoms with Crippen LogP contribution in [-0.4, -0.2) is 38.5 Å². The molecule has 3 aliphatic heterocycles. The highest BCUT2D eigenvalue weighted by Gasteiger charge is 2.44. The number of carbonyl (C=O) groups excluding carboxylic acids is 1. The van der Waals surface area contributed by atoms with Gasteiger partial charge in [0, 0.05) is 34.5 Å². The zero-order chi connectivity index (χ0) is 19.3. The lowest BCUT2D eigenvalue weighted by Gasteiger charge is -2.32. The van der Waals surface area contributed by atoms with E-state index < -0.39 is 0 Å². The predicted molar refractivity (Wildman–Crippen MR) is 121 cm³/mol. The van der Waals surface area contributed by atoms with Gasteiger partial charge in [0.1, 0.15) is 11.9 Å². The van der Waals surface area contributed by atoms with Crippen LogP contribution in [0.15, 0.2) is 63.4 Å². The minimum Gasteiger partial charge on any atom is -0.339 e. The lowest BCUT2D eigenvalue weighted by Crippen LogP contribution is -2.50. The van der Waals surface area contributed by atoms with E-state index in [0.717, 1.165) is 56.8 Å². The van der Waals surface area contributed by atoms with Crippen molar-refractivity contribution in [3.63, 3.8) is 0 Å². The number of rotatable bonds is 2. The van der Waals surface area contributed by atoms with Gasteiger partial charge in [-0.05, 0) is 18.9 Å². The van der Waals surface area contributed by atoms with Crippen molar-refractivity contribution < 1.29 is 9.39 Å². The molecule has 8 heteroatoms. The first-order valence-electron chi connectivity index (χ1n) is 9.21. The average molecular weight is 504 g/mol. The number of likely N-dealkylation sites (tertiary alicyclic amines) is 1. The first kappa shape index (κ1) is 18.2. The molecule has 1 unspecified atom stereocenters. The zero-order valence-electron chi connectivity index (χ0n) is 15.1. The van der Waals surface area contributed by atoms with Gasteiger partial charge in [-0.25, -0.2) is 0 Å². The zero-order valence-corrected chi connectivity index (χ0v) is 18.1. The Morgan fingerprint density at radius 3 is 2.89 bits per heavy atom. The summed E-state index contributed by atoms with van der Waals surface area (Å²) in [5.41, 5.74) is 2.78. The largest absolute Gasteiger partial charge is 0.339 e. The third-order valence-electron chi connectivity index (χ3n) is 5.64. The summed E-state index contributed by atoms with van der Waals surface area (Å²) in [6, 6.07) is 8.09. The molecule has 142 valence electrons. The number of thiophene rings is 1. The van der Waals surface area contributed by atoms with Gasteiger partial charge in [0.15, 0.2) is 0 Å². The van der Waals surface area contributed by atoms with Gasteiger partial charge in [0.25, 0.3) is 9.75 Å². The Labute approximate surface area is 180 Å². The number of piperidine rings is 1. The van der Waals surface area contributed by atoms with Gasteiger partial charge in [0.05, 0.1) is 40.6 Å². The third kappa shape index (κ3) is 2.78. The fourth-order valence-electron chi connectivity index (χ4n) is 4.06. The van der Waals surface area contributed by atoms with Crippen LogP contribution in [0.3, 0.4) is 0 Å². The number of quaternary nitrogens is 1. The highest BCUT2D eigenvalue weighted by molar-refractivity contribution is 14.1. The Morgan fingerprint density at radius 2 is 2.07 bits per heavy atom. The first-order valence-corrected chi connectivity index (χ1v) is 11.2. The van der Waals surface area contributed by atoms with Crippen LogP contribution in [-0.2, 0) is 0 Å². The molecule has 1 aromatic carbocycles. The Bertz CT molecular complexity index is 1090. The second kappa shape index (κ2) is 6.87. The number of benzene rings is 1. The quantitative estimate of drug-likeness (QED) is 0.291. The van der Waals surface area contributed by atoms with E-state index in [2.05, 4.69) is 33.6 Å². The van der Waals surface area contributed by atoms with Crippen LogP contribution in [0, 0.1) is 5.92 Å².